The van der Waals surface area contributed by atoms with Crippen molar-refractivity contribution in [2.75, 3.05) is 30.3 Å². The zero-order valence-electron chi connectivity index (χ0n) is 8.98. The Kier molecular flexibility index (Phi) is 3.43. The Hall–Kier alpha value is -0.810. The Morgan fingerprint density at radius 1 is 1.60 bits per heavy atom. The first-order valence-corrected chi connectivity index (χ1v) is 6.15. The molecule has 5 heteroatoms. The van der Waals surface area contributed by atoms with Gasteiger partial charge >= 0.3 is 0 Å². The van der Waals surface area contributed by atoms with E-state index < -0.39 is 0 Å². The maximum absolute atomic E-state index is 5.61. The van der Waals surface area contributed by atoms with Crippen molar-refractivity contribution >= 4 is 22.4 Å². The molecule has 1 aliphatic rings. The number of nitrogens with two attached hydrogens (primary N) is 1. The molecule has 0 amide bonds. The lowest BCUT2D eigenvalue weighted by Gasteiger charge is -2.31. The average Bonchev–Trinajstić information content (AvgIpc) is 2.67. The van der Waals surface area contributed by atoms with Crippen LogP contribution < -0.4 is 10.6 Å². The summed E-state index contributed by atoms with van der Waals surface area (Å²) in [6.45, 7) is 4.97. The molecule has 1 aliphatic heterocycles. The van der Waals surface area contributed by atoms with Gasteiger partial charge in [-0.15, -0.1) is 0 Å². The Bertz CT molecular complexity index is 307. The maximum Gasteiger partial charge on any atom is 0.139 e. The molecule has 1 aromatic heterocycles. The van der Waals surface area contributed by atoms with E-state index in [4.69, 9.17) is 10.5 Å². The number of nitrogen functional groups attached to an aromatic ring is 1. The van der Waals surface area contributed by atoms with Gasteiger partial charge in [0.15, 0.2) is 0 Å². The fraction of sp³-hybridized carbons (Fsp3) is 0.700. The standard InChI is InChI=1S/C10H17N3OS/c1-2-14-8-3-5-13(6-4-8)10-7-9(11)12-15-10/h7-8H,2-6H2,1H3,(H2,11,12). The molecule has 1 fully saturated rings. The van der Waals surface area contributed by atoms with Gasteiger partial charge in [0.25, 0.3) is 0 Å². The number of aromatic nitrogens is 1. The highest BCUT2D eigenvalue weighted by Crippen LogP contribution is 2.26. The molecule has 1 aromatic rings. The molecule has 0 radical (unpaired) electrons. The number of hydrogen-bond acceptors (Lipinski definition) is 5. The zero-order chi connectivity index (χ0) is 10.7. The van der Waals surface area contributed by atoms with E-state index in [1.165, 1.54) is 16.5 Å². The molecule has 0 bridgehead atoms. The van der Waals surface area contributed by atoms with Crippen LogP contribution in [0.3, 0.4) is 0 Å². The van der Waals surface area contributed by atoms with Crippen molar-refractivity contribution in [3.05, 3.63) is 6.07 Å². The molecule has 0 atom stereocenters. The Balaban J connectivity index is 1.88. The molecule has 2 heterocycles. The molecular weight excluding hydrogens is 210 g/mol. The van der Waals surface area contributed by atoms with E-state index in [-0.39, 0.29) is 0 Å². The largest absolute Gasteiger partial charge is 0.383 e. The number of piperidine rings is 1. The summed E-state index contributed by atoms with van der Waals surface area (Å²) in [7, 11) is 0. The molecule has 4 nitrogen and oxygen atoms in total. The molecule has 84 valence electrons. The lowest BCUT2D eigenvalue weighted by molar-refractivity contribution is 0.0460. The van der Waals surface area contributed by atoms with Crippen LogP contribution in [0.1, 0.15) is 19.8 Å². The van der Waals surface area contributed by atoms with Gasteiger partial charge in [0.1, 0.15) is 10.8 Å². The normalized spacial score (nSPS) is 18.3. The van der Waals surface area contributed by atoms with Crippen LogP contribution >= 0.6 is 11.5 Å². The number of hydrogen-bond donors (Lipinski definition) is 1. The third kappa shape index (κ3) is 2.60. The van der Waals surface area contributed by atoms with Gasteiger partial charge < -0.3 is 15.4 Å². The molecule has 0 spiro atoms. The van der Waals surface area contributed by atoms with Crippen molar-refractivity contribution in [3.63, 3.8) is 0 Å². The molecular formula is C10H17N3OS. The van der Waals surface area contributed by atoms with Crippen molar-refractivity contribution in [3.8, 4) is 0 Å². The molecule has 15 heavy (non-hydrogen) atoms. The van der Waals surface area contributed by atoms with Gasteiger partial charge in [-0.2, -0.15) is 4.37 Å². The minimum absolute atomic E-state index is 0.441. The summed E-state index contributed by atoms with van der Waals surface area (Å²) in [5.41, 5.74) is 5.61. The quantitative estimate of drug-likeness (QED) is 0.854. The molecule has 2 rings (SSSR count). The molecule has 2 N–H and O–H groups in total. The van der Waals surface area contributed by atoms with Gasteiger partial charge in [0, 0.05) is 25.8 Å². The minimum Gasteiger partial charge on any atom is -0.383 e. The zero-order valence-corrected chi connectivity index (χ0v) is 9.80. The van der Waals surface area contributed by atoms with E-state index in [2.05, 4.69) is 16.2 Å². The second-order valence-electron chi connectivity index (χ2n) is 3.73. The molecule has 0 aliphatic carbocycles. The van der Waals surface area contributed by atoms with E-state index in [9.17, 15) is 0 Å². The van der Waals surface area contributed by atoms with Gasteiger partial charge in [-0.05, 0) is 31.3 Å². The molecule has 0 saturated carbocycles. The number of rotatable bonds is 3. The van der Waals surface area contributed by atoms with Gasteiger partial charge in [0.05, 0.1) is 6.10 Å². The third-order valence-corrected chi connectivity index (χ3v) is 3.54. The highest BCUT2D eigenvalue weighted by atomic mass is 32.1. The van der Waals surface area contributed by atoms with E-state index in [0.717, 1.165) is 32.5 Å². The average molecular weight is 227 g/mol. The van der Waals surface area contributed by atoms with Gasteiger partial charge in [-0.1, -0.05) is 0 Å². The van der Waals surface area contributed by atoms with Crippen molar-refractivity contribution in [2.45, 2.75) is 25.9 Å². The second kappa shape index (κ2) is 4.81. The van der Waals surface area contributed by atoms with Crippen LogP contribution in [0.4, 0.5) is 10.8 Å². The van der Waals surface area contributed by atoms with E-state index in [1.807, 2.05) is 6.07 Å². The first-order valence-electron chi connectivity index (χ1n) is 5.38. The third-order valence-electron chi connectivity index (χ3n) is 2.67. The molecule has 0 unspecified atom stereocenters. The number of nitrogens with zero attached hydrogens (tertiary/aromatic N) is 2. The predicted octanol–water partition coefficient (Wildman–Crippen LogP) is 1.73. The second-order valence-corrected chi connectivity index (χ2v) is 4.52. The summed E-state index contributed by atoms with van der Waals surface area (Å²) in [5.74, 6) is 0.627. The minimum atomic E-state index is 0.441. The van der Waals surface area contributed by atoms with Crippen LogP contribution in [0, 0.1) is 0 Å². The molecule has 1 saturated heterocycles. The van der Waals surface area contributed by atoms with Crippen molar-refractivity contribution in [2.24, 2.45) is 0 Å². The fourth-order valence-corrected chi connectivity index (χ4v) is 2.63. The van der Waals surface area contributed by atoms with Gasteiger partial charge in [-0.25, -0.2) is 0 Å². The fourth-order valence-electron chi connectivity index (χ4n) is 1.91. The summed E-state index contributed by atoms with van der Waals surface area (Å²) < 4.78 is 9.70. The number of anilines is 2. The number of ether oxygens (including phenoxy) is 1. The van der Waals surface area contributed by atoms with Crippen LogP contribution in [0.5, 0.6) is 0 Å². The van der Waals surface area contributed by atoms with Crippen LogP contribution in [0.2, 0.25) is 0 Å². The Morgan fingerprint density at radius 2 is 2.33 bits per heavy atom. The SMILES string of the molecule is CCOC1CCN(c2cc(N)ns2)CC1. The van der Waals surface area contributed by atoms with Crippen molar-refractivity contribution in [1.29, 1.82) is 0 Å². The molecule has 0 aromatic carbocycles. The lowest BCUT2D eigenvalue weighted by atomic mass is 10.1. The van der Waals surface area contributed by atoms with Crippen molar-refractivity contribution in [1.82, 2.24) is 4.37 Å². The summed E-state index contributed by atoms with van der Waals surface area (Å²) in [5, 5.41) is 1.18. The first-order chi connectivity index (χ1) is 7.29. The lowest BCUT2D eigenvalue weighted by Crippen LogP contribution is -2.36. The topological polar surface area (TPSA) is 51.4 Å². The van der Waals surface area contributed by atoms with Crippen LogP contribution in [-0.2, 0) is 4.74 Å². The van der Waals surface area contributed by atoms with E-state index in [1.54, 1.807) is 0 Å². The Labute approximate surface area is 94.2 Å². The van der Waals surface area contributed by atoms with Gasteiger partial charge in [0.2, 0.25) is 0 Å². The predicted molar refractivity (Wildman–Crippen MR) is 63.4 cm³/mol. The van der Waals surface area contributed by atoms with Crippen LogP contribution in [0.15, 0.2) is 6.07 Å². The summed E-state index contributed by atoms with van der Waals surface area (Å²) in [6.07, 6.45) is 2.65. The highest BCUT2D eigenvalue weighted by molar-refractivity contribution is 7.10. The first kappa shape index (κ1) is 10.7. The monoisotopic (exact) mass is 227 g/mol. The maximum atomic E-state index is 5.61. The van der Waals surface area contributed by atoms with E-state index in [0.29, 0.717) is 11.9 Å². The van der Waals surface area contributed by atoms with Crippen LogP contribution in [0.25, 0.3) is 0 Å². The summed E-state index contributed by atoms with van der Waals surface area (Å²) >= 11 is 1.48. The summed E-state index contributed by atoms with van der Waals surface area (Å²) in [6, 6.07) is 1.95. The van der Waals surface area contributed by atoms with Gasteiger partial charge in [-0.3, -0.25) is 0 Å². The Morgan fingerprint density at radius 3 is 2.87 bits per heavy atom. The van der Waals surface area contributed by atoms with Crippen LogP contribution in [-0.4, -0.2) is 30.2 Å². The van der Waals surface area contributed by atoms with Crippen molar-refractivity contribution < 1.29 is 4.74 Å². The van der Waals surface area contributed by atoms with E-state index >= 15 is 0 Å². The highest BCUT2D eigenvalue weighted by Gasteiger charge is 2.20. The smallest absolute Gasteiger partial charge is 0.139 e. The summed E-state index contributed by atoms with van der Waals surface area (Å²) in [4.78, 5) is 2.34.